The molecule has 1 saturated heterocycles. The number of aromatic nitrogens is 1. The van der Waals surface area contributed by atoms with E-state index in [9.17, 15) is 9.59 Å². The van der Waals surface area contributed by atoms with E-state index in [0.29, 0.717) is 25.3 Å². The smallest absolute Gasteiger partial charge is 0.225 e. The van der Waals surface area contributed by atoms with Crippen LogP contribution < -0.4 is 10.1 Å². The average Bonchev–Trinajstić information content (AvgIpc) is 3.46. The SMILES string of the molecule is COc1ccc(C2C(C(=O)NCc3csc(C4CC4)n3)CCC(=O)N2C)cc1. The van der Waals surface area contributed by atoms with Gasteiger partial charge in [-0.2, -0.15) is 0 Å². The molecule has 2 aliphatic rings. The van der Waals surface area contributed by atoms with Gasteiger partial charge >= 0.3 is 0 Å². The molecule has 28 heavy (non-hydrogen) atoms. The monoisotopic (exact) mass is 399 g/mol. The van der Waals surface area contributed by atoms with Crippen LogP contribution in [0.1, 0.15) is 53.9 Å². The van der Waals surface area contributed by atoms with Gasteiger partial charge in [0.15, 0.2) is 0 Å². The Kier molecular flexibility index (Phi) is 5.35. The lowest BCUT2D eigenvalue weighted by Crippen LogP contribution is -2.46. The molecule has 0 radical (unpaired) electrons. The number of nitrogens with zero attached hydrogens (tertiary/aromatic N) is 2. The fourth-order valence-electron chi connectivity index (χ4n) is 3.80. The van der Waals surface area contributed by atoms with Gasteiger partial charge in [0.2, 0.25) is 11.8 Å². The summed E-state index contributed by atoms with van der Waals surface area (Å²) in [5.41, 5.74) is 1.86. The Balaban J connectivity index is 1.47. The Bertz CT molecular complexity index is 860. The highest BCUT2D eigenvalue weighted by atomic mass is 32.1. The summed E-state index contributed by atoms with van der Waals surface area (Å²) in [6, 6.07) is 7.32. The lowest BCUT2D eigenvalue weighted by Gasteiger charge is -2.38. The van der Waals surface area contributed by atoms with Crippen LogP contribution >= 0.6 is 11.3 Å². The van der Waals surface area contributed by atoms with Gasteiger partial charge in [-0.3, -0.25) is 9.59 Å². The zero-order valence-electron chi connectivity index (χ0n) is 16.2. The van der Waals surface area contributed by atoms with Crippen molar-refractivity contribution in [2.75, 3.05) is 14.2 Å². The Morgan fingerprint density at radius 2 is 2.04 bits per heavy atom. The van der Waals surface area contributed by atoms with Gasteiger partial charge in [0, 0.05) is 24.8 Å². The molecule has 1 aliphatic carbocycles. The highest BCUT2D eigenvalue weighted by Crippen LogP contribution is 2.41. The molecule has 1 aromatic heterocycles. The second-order valence-corrected chi connectivity index (χ2v) is 8.43. The normalized spacial score (nSPS) is 22.2. The number of nitrogens with one attached hydrogen (secondary N) is 1. The van der Waals surface area contributed by atoms with Crippen molar-refractivity contribution < 1.29 is 14.3 Å². The van der Waals surface area contributed by atoms with Crippen LogP contribution in [0.2, 0.25) is 0 Å². The number of hydrogen-bond donors (Lipinski definition) is 1. The number of amides is 2. The van der Waals surface area contributed by atoms with Gasteiger partial charge in [0.05, 0.1) is 36.3 Å². The van der Waals surface area contributed by atoms with Crippen molar-refractivity contribution in [2.45, 2.75) is 44.2 Å². The topological polar surface area (TPSA) is 71.5 Å². The molecule has 2 aromatic rings. The summed E-state index contributed by atoms with van der Waals surface area (Å²) in [7, 11) is 3.40. The van der Waals surface area contributed by atoms with E-state index < -0.39 is 0 Å². The van der Waals surface area contributed by atoms with E-state index in [-0.39, 0.29) is 23.8 Å². The summed E-state index contributed by atoms with van der Waals surface area (Å²) in [4.78, 5) is 31.6. The standard InChI is InChI=1S/C21H25N3O3S/c1-24-18(25)10-9-17(19(24)13-5-7-16(27-2)8-6-13)20(26)22-11-15-12-28-21(23-15)14-3-4-14/h5-8,12,14,17,19H,3-4,9-11H2,1-2H3,(H,22,26). The third-order valence-corrected chi connectivity index (χ3v) is 6.65. The van der Waals surface area contributed by atoms with E-state index in [1.165, 1.54) is 17.8 Å². The van der Waals surface area contributed by atoms with Gasteiger partial charge in [-0.05, 0) is 37.0 Å². The minimum atomic E-state index is -0.280. The van der Waals surface area contributed by atoms with E-state index in [1.54, 1.807) is 30.4 Å². The number of carbonyl (C=O) groups excluding carboxylic acids is 2. The molecule has 2 heterocycles. The van der Waals surface area contributed by atoms with Gasteiger partial charge in [-0.15, -0.1) is 11.3 Å². The summed E-state index contributed by atoms with van der Waals surface area (Å²) < 4.78 is 5.22. The predicted octanol–water partition coefficient (Wildman–Crippen LogP) is 3.26. The molecule has 148 valence electrons. The molecule has 0 spiro atoms. The van der Waals surface area contributed by atoms with Crippen LogP contribution in [0.3, 0.4) is 0 Å². The van der Waals surface area contributed by atoms with Gasteiger partial charge in [0.25, 0.3) is 0 Å². The first-order valence-corrected chi connectivity index (χ1v) is 10.6. The summed E-state index contributed by atoms with van der Waals surface area (Å²) in [5, 5.41) is 6.26. The summed E-state index contributed by atoms with van der Waals surface area (Å²) in [6.45, 7) is 0.436. The first-order chi connectivity index (χ1) is 13.6. The van der Waals surface area contributed by atoms with Crippen molar-refractivity contribution in [3.8, 4) is 5.75 Å². The number of methoxy groups -OCH3 is 1. The first kappa shape index (κ1) is 18.9. The minimum absolute atomic E-state index is 0.0267. The molecule has 1 aromatic carbocycles. The lowest BCUT2D eigenvalue weighted by molar-refractivity contribution is -0.141. The summed E-state index contributed by atoms with van der Waals surface area (Å²) >= 11 is 1.68. The number of benzene rings is 1. The van der Waals surface area contributed by atoms with Crippen molar-refractivity contribution in [1.82, 2.24) is 15.2 Å². The fourth-order valence-corrected chi connectivity index (χ4v) is 4.79. The number of carbonyl (C=O) groups is 2. The Labute approximate surface area is 168 Å². The lowest BCUT2D eigenvalue weighted by atomic mass is 9.84. The third-order valence-electron chi connectivity index (χ3n) is 5.59. The quantitative estimate of drug-likeness (QED) is 0.809. The largest absolute Gasteiger partial charge is 0.497 e. The van der Waals surface area contributed by atoms with E-state index in [1.807, 2.05) is 29.6 Å². The Morgan fingerprint density at radius 1 is 1.29 bits per heavy atom. The molecule has 0 bridgehead atoms. The van der Waals surface area contributed by atoms with E-state index in [2.05, 4.69) is 10.3 Å². The van der Waals surface area contributed by atoms with Crippen molar-refractivity contribution in [1.29, 1.82) is 0 Å². The third kappa shape index (κ3) is 3.90. The molecule has 2 unspecified atom stereocenters. The van der Waals surface area contributed by atoms with Crippen molar-refractivity contribution in [3.63, 3.8) is 0 Å². The van der Waals surface area contributed by atoms with Crippen molar-refractivity contribution in [2.24, 2.45) is 5.92 Å². The number of hydrogen-bond acceptors (Lipinski definition) is 5. The maximum absolute atomic E-state index is 13.0. The summed E-state index contributed by atoms with van der Waals surface area (Å²) in [6.07, 6.45) is 3.40. The minimum Gasteiger partial charge on any atom is -0.497 e. The number of likely N-dealkylation sites (tertiary alicyclic amines) is 1. The Hall–Kier alpha value is -2.41. The molecule has 7 heteroatoms. The first-order valence-electron chi connectivity index (χ1n) is 9.68. The van der Waals surface area contributed by atoms with E-state index in [0.717, 1.165) is 17.0 Å². The van der Waals surface area contributed by atoms with Crippen LogP contribution in [0.5, 0.6) is 5.75 Å². The Morgan fingerprint density at radius 3 is 2.71 bits per heavy atom. The second-order valence-electron chi connectivity index (χ2n) is 7.54. The van der Waals surface area contributed by atoms with Gasteiger partial charge in [-0.25, -0.2) is 4.98 Å². The van der Waals surface area contributed by atoms with E-state index in [4.69, 9.17) is 4.74 Å². The van der Waals surface area contributed by atoms with Crippen molar-refractivity contribution in [3.05, 3.63) is 45.9 Å². The van der Waals surface area contributed by atoms with Gasteiger partial charge in [0.1, 0.15) is 5.75 Å². The average molecular weight is 400 g/mol. The molecule has 2 fully saturated rings. The maximum Gasteiger partial charge on any atom is 0.225 e. The van der Waals surface area contributed by atoms with Crippen LogP contribution in [-0.4, -0.2) is 35.9 Å². The molecule has 6 nitrogen and oxygen atoms in total. The number of rotatable bonds is 6. The van der Waals surface area contributed by atoms with Crippen LogP contribution in [0.25, 0.3) is 0 Å². The molecular formula is C21H25N3O3S. The van der Waals surface area contributed by atoms with Gasteiger partial charge in [-0.1, -0.05) is 12.1 Å². The molecule has 2 atom stereocenters. The van der Waals surface area contributed by atoms with Crippen LogP contribution in [0.15, 0.2) is 29.6 Å². The van der Waals surface area contributed by atoms with Crippen molar-refractivity contribution >= 4 is 23.2 Å². The molecule has 2 amide bonds. The van der Waals surface area contributed by atoms with Crippen LogP contribution in [-0.2, 0) is 16.1 Å². The van der Waals surface area contributed by atoms with E-state index >= 15 is 0 Å². The summed E-state index contributed by atoms with van der Waals surface area (Å²) in [5.74, 6) is 1.15. The molecule has 1 saturated carbocycles. The van der Waals surface area contributed by atoms with Gasteiger partial charge < -0.3 is 15.0 Å². The van der Waals surface area contributed by atoms with Crippen LogP contribution in [0.4, 0.5) is 0 Å². The second kappa shape index (κ2) is 7.91. The highest BCUT2D eigenvalue weighted by Gasteiger charge is 2.38. The molecule has 1 aliphatic heterocycles. The van der Waals surface area contributed by atoms with Crippen LogP contribution in [0, 0.1) is 5.92 Å². The predicted molar refractivity (Wildman–Crippen MR) is 107 cm³/mol. The number of piperidine rings is 1. The maximum atomic E-state index is 13.0. The molecule has 1 N–H and O–H groups in total. The number of thiazole rings is 1. The highest BCUT2D eigenvalue weighted by molar-refractivity contribution is 7.09. The zero-order valence-corrected chi connectivity index (χ0v) is 17.0. The zero-order chi connectivity index (χ0) is 19.7. The fraction of sp³-hybridized carbons (Fsp3) is 0.476. The number of ether oxygens (including phenoxy) is 1. The molecule has 4 rings (SSSR count). The molecular weight excluding hydrogens is 374 g/mol.